The second-order valence-corrected chi connectivity index (χ2v) is 8.17. The van der Waals surface area contributed by atoms with Crippen LogP contribution in [0.3, 0.4) is 0 Å². The largest absolute Gasteiger partial charge is 0.455 e. The van der Waals surface area contributed by atoms with Gasteiger partial charge in [-0.25, -0.2) is 5.43 Å². The summed E-state index contributed by atoms with van der Waals surface area (Å²) in [6.07, 6.45) is 5.37. The van der Waals surface area contributed by atoms with Gasteiger partial charge in [0.2, 0.25) is 0 Å². The molecule has 2 heterocycles. The van der Waals surface area contributed by atoms with E-state index in [0.29, 0.717) is 23.6 Å². The predicted molar refractivity (Wildman–Crippen MR) is 123 cm³/mol. The molecule has 0 unspecified atom stereocenters. The standard InChI is InChI=1S/C25H26N4O3/c1-15(2)17-7-9-19(10-8-17)27-25(31)23-16(3)22-20(5-4-6-21(22)32-23)28-29-24(30)18-11-13-26-14-12-18/h7-15H,4-6H2,1-3H3,(H,27,31)(H,29,30)/b28-20+. The molecular weight excluding hydrogens is 404 g/mol. The first-order valence-corrected chi connectivity index (χ1v) is 10.7. The lowest BCUT2D eigenvalue weighted by Crippen LogP contribution is -2.22. The van der Waals surface area contributed by atoms with Gasteiger partial charge in [-0.3, -0.25) is 14.6 Å². The van der Waals surface area contributed by atoms with Crippen molar-refractivity contribution in [2.24, 2.45) is 5.10 Å². The summed E-state index contributed by atoms with van der Waals surface area (Å²) in [6.45, 7) is 6.11. The Kier molecular flexibility index (Phi) is 6.16. The number of benzene rings is 1. The summed E-state index contributed by atoms with van der Waals surface area (Å²) in [6, 6.07) is 11.1. The second-order valence-electron chi connectivity index (χ2n) is 8.17. The quantitative estimate of drug-likeness (QED) is 0.567. The summed E-state index contributed by atoms with van der Waals surface area (Å²) in [5, 5.41) is 7.26. The molecule has 1 aliphatic carbocycles. The maximum absolute atomic E-state index is 12.9. The zero-order chi connectivity index (χ0) is 22.7. The molecular formula is C25H26N4O3. The minimum absolute atomic E-state index is 0.276. The number of aromatic nitrogens is 1. The number of carbonyl (C=O) groups is 2. The van der Waals surface area contributed by atoms with E-state index in [-0.39, 0.29) is 17.6 Å². The highest BCUT2D eigenvalue weighted by atomic mass is 16.4. The summed E-state index contributed by atoms with van der Waals surface area (Å²) in [5.41, 5.74) is 7.27. The van der Waals surface area contributed by atoms with E-state index < -0.39 is 0 Å². The molecule has 0 saturated heterocycles. The van der Waals surface area contributed by atoms with Crippen molar-refractivity contribution in [3.8, 4) is 0 Å². The molecule has 0 saturated carbocycles. The number of fused-ring (bicyclic) bond motifs is 1. The van der Waals surface area contributed by atoms with Crippen LogP contribution in [0.25, 0.3) is 0 Å². The highest BCUT2D eigenvalue weighted by molar-refractivity contribution is 6.09. The summed E-state index contributed by atoms with van der Waals surface area (Å²) < 4.78 is 5.94. The van der Waals surface area contributed by atoms with Crippen LogP contribution in [0.15, 0.2) is 58.3 Å². The van der Waals surface area contributed by atoms with Crippen molar-refractivity contribution in [1.82, 2.24) is 10.4 Å². The van der Waals surface area contributed by atoms with Gasteiger partial charge in [-0.1, -0.05) is 26.0 Å². The number of furan rings is 1. The van der Waals surface area contributed by atoms with Gasteiger partial charge in [0.1, 0.15) is 5.76 Å². The van der Waals surface area contributed by atoms with Crippen molar-refractivity contribution in [2.75, 3.05) is 5.32 Å². The molecule has 1 aliphatic rings. The molecule has 7 nitrogen and oxygen atoms in total. The number of hydrogen-bond donors (Lipinski definition) is 2. The van der Waals surface area contributed by atoms with Crippen LogP contribution in [0.1, 0.15) is 76.0 Å². The summed E-state index contributed by atoms with van der Waals surface area (Å²) >= 11 is 0. The number of aryl methyl sites for hydroxylation is 1. The van der Waals surface area contributed by atoms with Gasteiger partial charge < -0.3 is 9.73 Å². The van der Waals surface area contributed by atoms with Crippen molar-refractivity contribution >= 4 is 23.2 Å². The van der Waals surface area contributed by atoms with Crippen LogP contribution in [0.5, 0.6) is 0 Å². The maximum atomic E-state index is 12.9. The van der Waals surface area contributed by atoms with Crippen LogP contribution >= 0.6 is 0 Å². The highest BCUT2D eigenvalue weighted by Gasteiger charge is 2.28. The molecule has 0 fully saturated rings. The monoisotopic (exact) mass is 430 g/mol. The lowest BCUT2D eigenvalue weighted by Gasteiger charge is -2.13. The number of carbonyl (C=O) groups excluding carboxylic acids is 2. The molecule has 2 amide bonds. The van der Waals surface area contributed by atoms with Crippen LogP contribution in [-0.4, -0.2) is 22.5 Å². The number of anilines is 1. The smallest absolute Gasteiger partial charge is 0.291 e. The molecule has 0 atom stereocenters. The molecule has 3 aromatic rings. The SMILES string of the molecule is Cc1c(C(=O)Nc2ccc(C(C)C)cc2)oc2c1/C(=N/NC(=O)c1ccncc1)CCC2. The Labute approximate surface area is 186 Å². The zero-order valence-electron chi connectivity index (χ0n) is 18.4. The summed E-state index contributed by atoms with van der Waals surface area (Å²) in [5.74, 6) is 0.824. The molecule has 2 aromatic heterocycles. The maximum Gasteiger partial charge on any atom is 0.291 e. The Morgan fingerprint density at radius 2 is 1.75 bits per heavy atom. The number of hydrazone groups is 1. The number of amides is 2. The van der Waals surface area contributed by atoms with Crippen molar-refractivity contribution in [3.63, 3.8) is 0 Å². The summed E-state index contributed by atoms with van der Waals surface area (Å²) in [7, 11) is 0. The van der Waals surface area contributed by atoms with E-state index in [0.717, 1.165) is 35.4 Å². The minimum atomic E-state index is -0.309. The van der Waals surface area contributed by atoms with Crippen LogP contribution in [-0.2, 0) is 6.42 Å². The fourth-order valence-electron chi connectivity index (χ4n) is 3.82. The van der Waals surface area contributed by atoms with Crippen molar-refractivity contribution in [1.29, 1.82) is 0 Å². The average molecular weight is 431 g/mol. The number of hydrogen-bond acceptors (Lipinski definition) is 5. The van der Waals surface area contributed by atoms with E-state index in [9.17, 15) is 9.59 Å². The van der Waals surface area contributed by atoms with Gasteiger partial charge in [-0.15, -0.1) is 0 Å². The Morgan fingerprint density at radius 3 is 2.44 bits per heavy atom. The molecule has 0 aliphatic heterocycles. The van der Waals surface area contributed by atoms with Crippen molar-refractivity contribution < 1.29 is 14.0 Å². The third-order valence-corrected chi connectivity index (χ3v) is 5.60. The average Bonchev–Trinajstić information content (AvgIpc) is 3.15. The Bertz CT molecular complexity index is 1160. The molecule has 7 heteroatoms. The topological polar surface area (TPSA) is 96.6 Å². The fourth-order valence-corrected chi connectivity index (χ4v) is 3.82. The van der Waals surface area contributed by atoms with Gasteiger partial charge in [0.25, 0.3) is 11.8 Å². The molecule has 0 spiro atoms. The first-order valence-electron chi connectivity index (χ1n) is 10.7. The number of nitrogens with one attached hydrogen (secondary N) is 2. The van der Waals surface area contributed by atoms with Gasteiger partial charge in [0, 0.05) is 41.2 Å². The number of nitrogens with zero attached hydrogens (tertiary/aromatic N) is 2. The van der Waals surface area contributed by atoms with Gasteiger partial charge >= 0.3 is 0 Å². The first-order chi connectivity index (χ1) is 15.4. The van der Waals surface area contributed by atoms with E-state index in [1.807, 2.05) is 31.2 Å². The Balaban J connectivity index is 1.54. The first kappa shape index (κ1) is 21.5. The Morgan fingerprint density at radius 1 is 1.03 bits per heavy atom. The van der Waals surface area contributed by atoms with Crippen LogP contribution in [0.2, 0.25) is 0 Å². The van der Waals surface area contributed by atoms with E-state index in [2.05, 4.69) is 34.7 Å². The third-order valence-electron chi connectivity index (χ3n) is 5.60. The van der Waals surface area contributed by atoms with Gasteiger partial charge in [0.15, 0.2) is 5.76 Å². The second kappa shape index (κ2) is 9.18. The van der Waals surface area contributed by atoms with Crippen molar-refractivity contribution in [3.05, 3.63) is 82.6 Å². The molecule has 4 rings (SSSR count). The molecule has 32 heavy (non-hydrogen) atoms. The minimum Gasteiger partial charge on any atom is -0.455 e. The molecule has 0 radical (unpaired) electrons. The van der Waals surface area contributed by atoms with E-state index >= 15 is 0 Å². The van der Waals surface area contributed by atoms with E-state index in [4.69, 9.17) is 4.42 Å². The molecule has 0 bridgehead atoms. The van der Waals surface area contributed by atoms with Crippen molar-refractivity contribution in [2.45, 2.75) is 46.0 Å². The lowest BCUT2D eigenvalue weighted by molar-refractivity contribution is 0.0953. The van der Waals surface area contributed by atoms with Gasteiger partial charge in [-0.05, 0) is 55.5 Å². The van der Waals surface area contributed by atoms with Gasteiger partial charge in [0.05, 0.1) is 5.71 Å². The van der Waals surface area contributed by atoms with E-state index in [1.165, 1.54) is 5.56 Å². The zero-order valence-corrected chi connectivity index (χ0v) is 18.4. The van der Waals surface area contributed by atoms with E-state index in [1.54, 1.807) is 24.5 Å². The molecule has 2 N–H and O–H groups in total. The highest BCUT2D eigenvalue weighted by Crippen LogP contribution is 2.30. The number of pyridine rings is 1. The predicted octanol–water partition coefficient (Wildman–Crippen LogP) is 4.83. The molecule has 164 valence electrons. The van der Waals surface area contributed by atoms with Crippen LogP contribution in [0.4, 0.5) is 5.69 Å². The van der Waals surface area contributed by atoms with Crippen LogP contribution in [0, 0.1) is 6.92 Å². The number of rotatable bonds is 5. The molecule has 1 aromatic carbocycles. The lowest BCUT2D eigenvalue weighted by atomic mass is 9.93. The fraction of sp³-hybridized carbons (Fsp3) is 0.280. The van der Waals surface area contributed by atoms with Crippen LogP contribution < -0.4 is 10.7 Å². The third kappa shape index (κ3) is 4.46. The van der Waals surface area contributed by atoms with Gasteiger partial charge in [-0.2, -0.15) is 5.10 Å². The summed E-state index contributed by atoms with van der Waals surface area (Å²) in [4.78, 5) is 29.2. The Hall–Kier alpha value is -3.74. The normalized spacial score (nSPS) is 14.3.